The number of alkyl halides is 3. The lowest BCUT2D eigenvalue weighted by Gasteiger charge is -2.04. The van der Waals surface area contributed by atoms with Gasteiger partial charge in [0.1, 0.15) is 0 Å². The average molecular weight is 295 g/mol. The summed E-state index contributed by atoms with van der Waals surface area (Å²) in [5.41, 5.74) is 0.366. The Balaban J connectivity index is 2.72. The Bertz CT molecular complexity index is 409. The van der Waals surface area contributed by atoms with Gasteiger partial charge in [-0.15, -0.1) is 0 Å². The van der Waals surface area contributed by atoms with Gasteiger partial charge in [0, 0.05) is 10.9 Å². The first-order chi connectivity index (χ1) is 7.30. The van der Waals surface area contributed by atoms with Gasteiger partial charge in [0.2, 0.25) is 5.78 Å². The minimum Gasteiger partial charge on any atom is -0.290 e. The van der Waals surface area contributed by atoms with E-state index in [4.69, 9.17) is 0 Å². The topological polar surface area (TPSA) is 34.1 Å². The lowest BCUT2D eigenvalue weighted by molar-refractivity contribution is -0.174. The van der Waals surface area contributed by atoms with E-state index in [0.29, 0.717) is 5.56 Å². The number of carbonyl (C=O) groups excluding carboxylic acids is 2. The van der Waals surface area contributed by atoms with Crippen LogP contribution in [0.1, 0.15) is 5.56 Å². The zero-order valence-corrected chi connectivity index (χ0v) is 9.43. The predicted octanol–water partition coefficient (Wildman–Crippen LogP) is 2.69. The molecule has 0 N–H and O–H groups in total. The minimum absolute atomic E-state index is 0.366. The molecule has 1 aromatic rings. The zero-order valence-electron chi connectivity index (χ0n) is 7.84. The zero-order chi connectivity index (χ0) is 12.3. The first-order valence-electron chi connectivity index (χ1n) is 4.19. The number of hydrogen-bond acceptors (Lipinski definition) is 2. The Labute approximate surface area is 97.6 Å². The molecule has 16 heavy (non-hydrogen) atoms. The normalized spacial score (nSPS) is 11.2. The molecule has 0 unspecified atom stereocenters. The fourth-order valence-electron chi connectivity index (χ4n) is 1.03. The van der Waals surface area contributed by atoms with Crippen molar-refractivity contribution in [1.82, 2.24) is 0 Å². The summed E-state index contributed by atoms with van der Waals surface area (Å²) in [6.45, 7) is 0. The number of rotatable bonds is 3. The Morgan fingerprint density at radius 3 is 2.06 bits per heavy atom. The molecule has 1 rings (SSSR count). The van der Waals surface area contributed by atoms with Crippen molar-refractivity contribution >= 4 is 27.5 Å². The van der Waals surface area contributed by atoms with E-state index in [1.807, 2.05) is 0 Å². The minimum atomic E-state index is -5.09. The summed E-state index contributed by atoms with van der Waals surface area (Å²) < 4.78 is 36.4. The monoisotopic (exact) mass is 294 g/mol. The summed E-state index contributed by atoms with van der Waals surface area (Å²) in [6.07, 6.45) is -5.63. The highest BCUT2D eigenvalue weighted by atomic mass is 79.9. The SMILES string of the molecule is O=C(Cc1ccc(Br)cc1)C(=O)C(F)(F)F. The summed E-state index contributed by atoms with van der Waals surface area (Å²) in [5, 5.41) is 0. The van der Waals surface area contributed by atoms with E-state index in [-0.39, 0.29) is 0 Å². The lowest BCUT2D eigenvalue weighted by atomic mass is 10.1. The molecule has 0 aliphatic heterocycles. The summed E-state index contributed by atoms with van der Waals surface area (Å²) in [4.78, 5) is 21.5. The van der Waals surface area contributed by atoms with Crippen LogP contribution in [0.3, 0.4) is 0 Å². The second-order valence-electron chi connectivity index (χ2n) is 3.05. The fraction of sp³-hybridized carbons (Fsp3) is 0.200. The van der Waals surface area contributed by atoms with Crippen LogP contribution in [0.5, 0.6) is 0 Å². The molecule has 1 aromatic carbocycles. The highest BCUT2D eigenvalue weighted by Crippen LogP contribution is 2.18. The number of benzene rings is 1. The number of ketones is 2. The highest BCUT2D eigenvalue weighted by molar-refractivity contribution is 9.10. The van der Waals surface area contributed by atoms with Crippen molar-refractivity contribution in [3.8, 4) is 0 Å². The molecule has 0 bridgehead atoms. The van der Waals surface area contributed by atoms with E-state index in [1.165, 1.54) is 12.1 Å². The van der Waals surface area contributed by atoms with Crippen LogP contribution >= 0.6 is 15.9 Å². The van der Waals surface area contributed by atoms with Gasteiger partial charge >= 0.3 is 12.0 Å². The number of Topliss-reactive ketones (excluding diaryl/α,β-unsaturated/α-hetero) is 2. The Hall–Kier alpha value is -1.17. The van der Waals surface area contributed by atoms with Gasteiger partial charge in [0.05, 0.1) is 0 Å². The number of halogens is 4. The molecule has 0 spiro atoms. The summed E-state index contributed by atoms with van der Waals surface area (Å²) in [7, 11) is 0. The molecule has 0 atom stereocenters. The van der Waals surface area contributed by atoms with Crippen molar-refractivity contribution in [2.45, 2.75) is 12.6 Å². The molecular formula is C10H6BrF3O2. The summed E-state index contributed by atoms with van der Waals surface area (Å²) >= 11 is 3.14. The van der Waals surface area contributed by atoms with Crippen molar-refractivity contribution in [2.24, 2.45) is 0 Å². The summed E-state index contributed by atoms with van der Waals surface area (Å²) in [5.74, 6) is -3.76. The largest absolute Gasteiger partial charge is 0.458 e. The van der Waals surface area contributed by atoms with Crippen LogP contribution < -0.4 is 0 Å². The number of hydrogen-bond donors (Lipinski definition) is 0. The van der Waals surface area contributed by atoms with Gasteiger partial charge in [-0.05, 0) is 17.7 Å². The Morgan fingerprint density at radius 1 is 1.12 bits per heavy atom. The molecule has 0 aliphatic carbocycles. The van der Waals surface area contributed by atoms with E-state index in [1.54, 1.807) is 12.1 Å². The summed E-state index contributed by atoms with van der Waals surface area (Å²) in [6, 6.07) is 6.12. The lowest BCUT2D eigenvalue weighted by Crippen LogP contribution is -2.31. The molecule has 0 amide bonds. The Morgan fingerprint density at radius 2 is 1.62 bits per heavy atom. The van der Waals surface area contributed by atoms with Crippen LogP contribution in [-0.4, -0.2) is 17.7 Å². The van der Waals surface area contributed by atoms with Gasteiger partial charge < -0.3 is 0 Å². The second-order valence-corrected chi connectivity index (χ2v) is 3.97. The molecule has 0 heterocycles. The van der Waals surface area contributed by atoms with Gasteiger partial charge in [-0.3, -0.25) is 9.59 Å². The predicted molar refractivity (Wildman–Crippen MR) is 53.9 cm³/mol. The van der Waals surface area contributed by atoms with Crippen molar-refractivity contribution in [3.05, 3.63) is 34.3 Å². The highest BCUT2D eigenvalue weighted by Gasteiger charge is 2.42. The van der Waals surface area contributed by atoms with E-state index in [9.17, 15) is 22.8 Å². The molecule has 0 aromatic heterocycles. The Kier molecular flexibility index (Phi) is 3.85. The molecule has 0 saturated carbocycles. The third kappa shape index (κ3) is 3.44. The molecule has 86 valence electrons. The first kappa shape index (κ1) is 12.9. The van der Waals surface area contributed by atoms with Crippen LogP contribution in [0, 0.1) is 0 Å². The standard InChI is InChI=1S/C10H6BrF3O2/c11-7-3-1-6(2-4-7)5-8(15)9(16)10(12,13)14/h1-4H,5H2. The van der Waals surface area contributed by atoms with Crippen molar-refractivity contribution in [2.75, 3.05) is 0 Å². The maximum absolute atomic E-state index is 11.9. The van der Waals surface area contributed by atoms with E-state index >= 15 is 0 Å². The smallest absolute Gasteiger partial charge is 0.290 e. The van der Waals surface area contributed by atoms with E-state index < -0.39 is 24.2 Å². The quantitative estimate of drug-likeness (QED) is 0.803. The average Bonchev–Trinajstić information content (AvgIpc) is 2.19. The third-order valence-electron chi connectivity index (χ3n) is 1.79. The molecular weight excluding hydrogens is 289 g/mol. The molecule has 0 fully saturated rings. The van der Waals surface area contributed by atoms with Crippen LogP contribution in [0.2, 0.25) is 0 Å². The van der Waals surface area contributed by atoms with Crippen molar-refractivity contribution < 1.29 is 22.8 Å². The van der Waals surface area contributed by atoms with Gasteiger partial charge in [-0.1, -0.05) is 28.1 Å². The molecule has 0 saturated heterocycles. The van der Waals surface area contributed by atoms with E-state index in [2.05, 4.69) is 15.9 Å². The maximum atomic E-state index is 11.9. The van der Waals surface area contributed by atoms with Crippen molar-refractivity contribution in [3.63, 3.8) is 0 Å². The van der Waals surface area contributed by atoms with Gasteiger partial charge in [-0.2, -0.15) is 13.2 Å². The van der Waals surface area contributed by atoms with E-state index in [0.717, 1.165) is 4.47 Å². The molecule has 6 heteroatoms. The number of carbonyl (C=O) groups is 2. The second kappa shape index (κ2) is 4.78. The van der Waals surface area contributed by atoms with Gasteiger partial charge in [0.25, 0.3) is 0 Å². The molecule has 2 nitrogen and oxygen atoms in total. The van der Waals surface area contributed by atoms with Gasteiger partial charge in [-0.25, -0.2) is 0 Å². The fourth-order valence-corrected chi connectivity index (χ4v) is 1.29. The van der Waals surface area contributed by atoms with Crippen LogP contribution in [-0.2, 0) is 16.0 Å². The first-order valence-corrected chi connectivity index (χ1v) is 4.99. The maximum Gasteiger partial charge on any atom is 0.458 e. The third-order valence-corrected chi connectivity index (χ3v) is 2.32. The van der Waals surface area contributed by atoms with Crippen molar-refractivity contribution in [1.29, 1.82) is 0 Å². The van der Waals surface area contributed by atoms with Crippen LogP contribution in [0.15, 0.2) is 28.7 Å². The molecule has 0 radical (unpaired) electrons. The molecule has 0 aliphatic rings. The van der Waals surface area contributed by atoms with Gasteiger partial charge in [0.15, 0.2) is 0 Å². The van der Waals surface area contributed by atoms with Crippen LogP contribution in [0.4, 0.5) is 13.2 Å². The van der Waals surface area contributed by atoms with Crippen LogP contribution in [0.25, 0.3) is 0 Å².